The van der Waals surface area contributed by atoms with Gasteiger partial charge in [-0.05, 0) is 23.4 Å². The molecule has 3 aromatic heterocycles. The number of rotatable bonds is 6. The lowest BCUT2D eigenvalue weighted by atomic mass is 10.1. The molecule has 3 heterocycles. The standard InChI is InChI=1S/C15H19N5OS/c1-10(2)11-7-12(15-18-17-9-20(15)19-11)16-8-13(21-3)14-5-4-6-22-14/h4-7,9-10,13,16H,8H2,1-3H3. The fraction of sp³-hybridized carbons (Fsp3) is 0.400. The average molecular weight is 317 g/mol. The lowest BCUT2D eigenvalue weighted by Gasteiger charge is -2.16. The summed E-state index contributed by atoms with van der Waals surface area (Å²) in [6.45, 7) is 4.90. The van der Waals surface area contributed by atoms with Crippen LogP contribution in [0.2, 0.25) is 0 Å². The van der Waals surface area contributed by atoms with Crippen molar-refractivity contribution in [1.29, 1.82) is 0 Å². The number of anilines is 1. The van der Waals surface area contributed by atoms with Gasteiger partial charge in [0.1, 0.15) is 12.4 Å². The first-order valence-corrected chi connectivity index (χ1v) is 8.08. The summed E-state index contributed by atoms with van der Waals surface area (Å²) >= 11 is 1.69. The van der Waals surface area contributed by atoms with Crippen LogP contribution in [0.3, 0.4) is 0 Å². The number of fused-ring (bicyclic) bond motifs is 1. The molecule has 116 valence electrons. The molecule has 0 radical (unpaired) electrons. The predicted octanol–water partition coefficient (Wildman–Crippen LogP) is 3.11. The minimum atomic E-state index is 0.0126. The molecule has 1 N–H and O–H groups in total. The van der Waals surface area contributed by atoms with Crippen LogP contribution < -0.4 is 5.32 Å². The highest BCUT2D eigenvalue weighted by atomic mass is 32.1. The van der Waals surface area contributed by atoms with Crippen molar-refractivity contribution < 1.29 is 4.74 Å². The molecule has 7 heteroatoms. The van der Waals surface area contributed by atoms with Gasteiger partial charge in [-0.15, -0.1) is 21.5 Å². The van der Waals surface area contributed by atoms with Gasteiger partial charge in [0.15, 0.2) is 0 Å². The minimum Gasteiger partial charge on any atom is -0.379 e. The molecule has 0 aliphatic heterocycles. The Balaban J connectivity index is 1.85. The van der Waals surface area contributed by atoms with E-state index < -0.39 is 0 Å². The van der Waals surface area contributed by atoms with Crippen molar-refractivity contribution in [1.82, 2.24) is 19.8 Å². The van der Waals surface area contributed by atoms with E-state index in [4.69, 9.17) is 4.74 Å². The number of aromatic nitrogens is 4. The summed E-state index contributed by atoms with van der Waals surface area (Å²) in [6, 6.07) is 6.15. The van der Waals surface area contributed by atoms with Crippen LogP contribution in [-0.4, -0.2) is 33.5 Å². The van der Waals surface area contributed by atoms with E-state index in [0.29, 0.717) is 12.5 Å². The molecule has 0 aliphatic rings. The maximum absolute atomic E-state index is 5.58. The van der Waals surface area contributed by atoms with Crippen LogP contribution in [0.5, 0.6) is 0 Å². The van der Waals surface area contributed by atoms with Gasteiger partial charge < -0.3 is 10.1 Å². The molecule has 0 saturated carbocycles. The highest BCUT2D eigenvalue weighted by Crippen LogP contribution is 2.24. The topological polar surface area (TPSA) is 64.3 Å². The maximum Gasteiger partial charge on any atom is 0.200 e. The van der Waals surface area contributed by atoms with Gasteiger partial charge in [0, 0.05) is 18.5 Å². The van der Waals surface area contributed by atoms with Gasteiger partial charge in [-0.1, -0.05) is 19.9 Å². The van der Waals surface area contributed by atoms with Crippen LogP contribution in [0.25, 0.3) is 5.65 Å². The second kappa shape index (κ2) is 6.41. The van der Waals surface area contributed by atoms with Crippen LogP contribution in [0.1, 0.15) is 36.4 Å². The summed E-state index contributed by atoms with van der Waals surface area (Å²) in [5.41, 5.74) is 2.65. The third kappa shape index (κ3) is 2.95. The fourth-order valence-corrected chi connectivity index (χ4v) is 3.04. The first-order valence-electron chi connectivity index (χ1n) is 7.20. The number of nitrogens with one attached hydrogen (secondary N) is 1. The second-order valence-electron chi connectivity index (χ2n) is 5.36. The molecule has 0 spiro atoms. The SMILES string of the molecule is COC(CNc1cc(C(C)C)nn2cnnc12)c1cccs1. The van der Waals surface area contributed by atoms with Crippen LogP contribution >= 0.6 is 11.3 Å². The van der Waals surface area contributed by atoms with Crippen molar-refractivity contribution in [3.05, 3.63) is 40.5 Å². The molecular formula is C15H19N5OS. The lowest BCUT2D eigenvalue weighted by Crippen LogP contribution is -2.15. The largest absolute Gasteiger partial charge is 0.379 e. The van der Waals surface area contributed by atoms with Gasteiger partial charge in [-0.2, -0.15) is 9.61 Å². The molecule has 0 fully saturated rings. The Labute approximate surface area is 133 Å². The number of ether oxygens (including phenoxy) is 1. The Hall–Kier alpha value is -1.99. The Bertz CT molecular complexity index is 738. The third-order valence-electron chi connectivity index (χ3n) is 3.50. The first-order chi connectivity index (χ1) is 10.7. The summed E-state index contributed by atoms with van der Waals surface area (Å²) in [5.74, 6) is 0.336. The zero-order chi connectivity index (χ0) is 15.5. The van der Waals surface area contributed by atoms with Gasteiger partial charge in [0.05, 0.1) is 11.4 Å². The molecule has 0 saturated heterocycles. The summed E-state index contributed by atoms with van der Waals surface area (Å²) in [5, 5.41) is 18.1. The van der Waals surface area contributed by atoms with Crippen LogP contribution in [-0.2, 0) is 4.74 Å². The van der Waals surface area contributed by atoms with Crippen LogP contribution in [0.4, 0.5) is 5.69 Å². The molecule has 22 heavy (non-hydrogen) atoms. The Kier molecular flexibility index (Phi) is 4.35. The van der Waals surface area contributed by atoms with Crippen LogP contribution in [0.15, 0.2) is 29.9 Å². The Morgan fingerprint density at radius 3 is 2.95 bits per heavy atom. The van der Waals surface area contributed by atoms with E-state index >= 15 is 0 Å². The summed E-state index contributed by atoms with van der Waals surface area (Å²) in [7, 11) is 1.73. The van der Waals surface area contributed by atoms with Gasteiger partial charge >= 0.3 is 0 Å². The Morgan fingerprint density at radius 2 is 2.27 bits per heavy atom. The molecule has 1 atom stereocenters. The van der Waals surface area contributed by atoms with Crippen molar-refractivity contribution in [2.75, 3.05) is 19.0 Å². The van der Waals surface area contributed by atoms with Crippen LogP contribution in [0, 0.1) is 0 Å². The van der Waals surface area contributed by atoms with E-state index in [-0.39, 0.29) is 6.10 Å². The highest BCUT2D eigenvalue weighted by molar-refractivity contribution is 7.10. The Morgan fingerprint density at radius 1 is 1.41 bits per heavy atom. The zero-order valence-corrected chi connectivity index (χ0v) is 13.7. The molecule has 3 rings (SSSR count). The fourth-order valence-electron chi connectivity index (χ4n) is 2.24. The van der Waals surface area contributed by atoms with E-state index in [1.807, 2.05) is 12.1 Å². The van der Waals surface area contributed by atoms with Crippen molar-refractivity contribution in [3.8, 4) is 0 Å². The smallest absolute Gasteiger partial charge is 0.200 e. The van der Waals surface area contributed by atoms with E-state index in [1.165, 1.54) is 4.88 Å². The number of methoxy groups -OCH3 is 1. The van der Waals surface area contributed by atoms with Gasteiger partial charge in [0.25, 0.3) is 0 Å². The normalized spacial score (nSPS) is 12.9. The lowest BCUT2D eigenvalue weighted by molar-refractivity contribution is 0.117. The second-order valence-corrected chi connectivity index (χ2v) is 6.34. The van der Waals surface area contributed by atoms with Gasteiger partial charge in [-0.25, -0.2) is 0 Å². The minimum absolute atomic E-state index is 0.0126. The van der Waals surface area contributed by atoms with Crippen molar-refractivity contribution in [2.24, 2.45) is 0 Å². The van der Waals surface area contributed by atoms with Crippen molar-refractivity contribution in [3.63, 3.8) is 0 Å². The molecule has 0 aromatic carbocycles. The summed E-state index contributed by atoms with van der Waals surface area (Å²) in [4.78, 5) is 1.20. The van der Waals surface area contributed by atoms with Gasteiger partial charge in [-0.3, -0.25) is 0 Å². The highest BCUT2D eigenvalue weighted by Gasteiger charge is 2.14. The van der Waals surface area contributed by atoms with Crippen molar-refractivity contribution >= 4 is 22.7 Å². The molecule has 0 bridgehead atoms. The number of thiophene rings is 1. The first kappa shape index (κ1) is 14.9. The molecule has 0 amide bonds. The van der Waals surface area contributed by atoms with E-state index in [2.05, 4.69) is 45.9 Å². The molecular weight excluding hydrogens is 298 g/mol. The molecule has 0 aliphatic carbocycles. The number of hydrogen-bond acceptors (Lipinski definition) is 6. The zero-order valence-electron chi connectivity index (χ0n) is 12.9. The number of hydrogen-bond donors (Lipinski definition) is 1. The monoisotopic (exact) mass is 317 g/mol. The van der Waals surface area contributed by atoms with Crippen molar-refractivity contribution in [2.45, 2.75) is 25.9 Å². The van der Waals surface area contributed by atoms with E-state index in [9.17, 15) is 0 Å². The van der Waals surface area contributed by atoms with Gasteiger partial charge in [0.2, 0.25) is 5.65 Å². The average Bonchev–Trinajstić information content (AvgIpc) is 3.18. The van der Waals surface area contributed by atoms with E-state index in [0.717, 1.165) is 17.0 Å². The predicted molar refractivity (Wildman–Crippen MR) is 87.4 cm³/mol. The third-order valence-corrected chi connectivity index (χ3v) is 4.47. The van der Waals surface area contributed by atoms with E-state index in [1.54, 1.807) is 29.3 Å². The maximum atomic E-state index is 5.58. The molecule has 3 aromatic rings. The quantitative estimate of drug-likeness (QED) is 0.757. The molecule has 6 nitrogen and oxygen atoms in total. The molecule has 1 unspecified atom stereocenters. The number of nitrogens with zero attached hydrogens (tertiary/aromatic N) is 4. The summed E-state index contributed by atoms with van der Waals surface area (Å²) < 4.78 is 7.29. The summed E-state index contributed by atoms with van der Waals surface area (Å²) in [6.07, 6.45) is 1.64.